The molecule has 2 rings (SSSR count). The van der Waals surface area contributed by atoms with Crippen molar-refractivity contribution in [3.8, 4) is 12.1 Å². The smallest absolute Gasteiger partial charge is 0.245 e. The van der Waals surface area contributed by atoms with Crippen LogP contribution in [0.15, 0.2) is 24.3 Å². The van der Waals surface area contributed by atoms with Gasteiger partial charge in [-0.15, -0.1) is 0 Å². The van der Waals surface area contributed by atoms with Crippen molar-refractivity contribution in [3.05, 3.63) is 58.7 Å². The predicted molar refractivity (Wildman–Crippen MR) is 113 cm³/mol. The second kappa shape index (κ2) is 10.2. The van der Waals surface area contributed by atoms with Gasteiger partial charge in [-0.3, -0.25) is 4.72 Å². The summed E-state index contributed by atoms with van der Waals surface area (Å²) >= 11 is 0. The lowest BCUT2D eigenvalue weighted by molar-refractivity contribution is 0.508. The average Bonchev–Trinajstić information content (AvgIpc) is 2.64. The number of nitrogens with one attached hydrogen (secondary N) is 1. The summed E-state index contributed by atoms with van der Waals surface area (Å²) in [6.45, 7) is 0. The first-order chi connectivity index (χ1) is 15.3. The van der Waals surface area contributed by atoms with Crippen LogP contribution in [0.5, 0.6) is 0 Å². The van der Waals surface area contributed by atoms with E-state index in [4.69, 9.17) is 10.5 Å². The molecule has 10 nitrogen and oxygen atoms in total. The largest absolute Gasteiger partial charge is 0.282 e. The van der Waals surface area contributed by atoms with Crippen LogP contribution in [0, 0.1) is 45.9 Å². The zero-order chi connectivity index (χ0) is 26.6. The third kappa shape index (κ3) is 7.58. The first-order valence-corrected chi connectivity index (χ1v) is 13.9. The van der Waals surface area contributed by atoms with Crippen LogP contribution >= 0.6 is 0 Å². The van der Waals surface area contributed by atoms with E-state index < -0.39 is 64.6 Å². The molecule has 0 aromatic heterocycles. The molecule has 0 aliphatic heterocycles. The summed E-state index contributed by atoms with van der Waals surface area (Å²) in [6.07, 6.45) is 1.97. The van der Waals surface area contributed by atoms with E-state index in [0.29, 0.717) is 36.8 Å². The van der Waals surface area contributed by atoms with E-state index >= 15 is 0 Å². The minimum atomic E-state index is -4.33. The number of nitriles is 2. The molecule has 0 saturated carbocycles. The van der Waals surface area contributed by atoms with E-state index in [-0.39, 0.29) is 15.0 Å². The fraction of sp³-hybridized carbons (Fsp3) is 0.176. The van der Waals surface area contributed by atoms with Crippen molar-refractivity contribution >= 4 is 41.4 Å². The second-order valence-corrected chi connectivity index (χ2v) is 12.1. The molecular formula is C17H14F4N4O6S3. The van der Waals surface area contributed by atoms with Crippen LogP contribution in [0.1, 0.15) is 11.1 Å². The normalized spacial score (nSPS) is 11.4. The number of halogens is 4. The monoisotopic (exact) mass is 542 g/mol. The highest BCUT2D eigenvalue weighted by molar-refractivity contribution is 8.09. The molecule has 34 heavy (non-hydrogen) atoms. The topological polar surface area (TPSA) is 165 Å². The fourth-order valence-corrected chi connectivity index (χ4v) is 5.86. The van der Waals surface area contributed by atoms with Gasteiger partial charge >= 0.3 is 0 Å². The van der Waals surface area contributed by atoms with E-state index in [0.717, 1.165) is 6.26 Å². The van der Waals surface area contributed by atoms with Crippen LogP contribution < -0.4 is 8.43 Å². The number of rotatable bonds is 5. The fourth-order valence-electron chi connectivity index (χ4n) is 2.30. The van der Waals surface area contributed by atoms with E-state index in [1.54, 1.807) is 6.07 Å². The Labute approximate surface area is 192 Å². The lowest BCUT2D eigenvalue weighted by atomic mass is 10.2. The molecule has 0 atom stereocenters. The van der Waals surface area contributed by atoms with Gasteiger partial charge < -0.3 is 0 Å². The van der Waals surface area contributed by atoms with Crippen molar-refractivity contribution in [1.29, 1.82) is 10.5 Å². The zero-order valence-electron chi connectivity index (χ0n) is 17.3. The summed E-state index contributed by atoms with van der Waals surface area (Å²) < 4.78 is 121. The Hall–Kier alpha value is -3.41. The van der Waals surface area contributed by atoms with E-state index in [1.165, 1.54) is 6.07 Å². The highest BCUT2D eigenvalue weighted by Crippen LogP contribution is 2.27. The molecule has 0 saturated heterocycles. The van der Waals surface area contributed by atoms with Crippen LogP contribution in [-0.2, 0) is 30.1 Å². The SMILES string of the molecule is CS(=O)(=O)N(c1cc(F)c(F)cc1C#N)S(C)(=O)=O.CS(=O)(=O)Nc1cc(F)c(F)cc1C#N. The molecular weight excluding hydrogens is 528 g/mol. The molecule has 2 aromatic rings. The van der Waals surface area contributed by atoms with Gasteiger partial charge in [0, 0.05) is 12.1 Å². The third-order valence-corrected chi connectivity index (χ3v) is 7.25. The molecule has 0 radical (unpaired) electrons. The van der Waals surface area contributed by atoms with Crippen molar-refractivity contribution in [2.24, 2.45) is 0 Å². The molecule has 0 spiro atoms. The summed E-state index contributed by atoms with van der Waals surface area (Å²) in [5.41, 5.74) is -1.93. The number of hydrogen-bond acceptors (Lipinski definition) is 8. The summed E-state index contributed by atoms with van der Waals surface area (Å²) in [7, 11) is -12.3. The zero-order valence-corrected chi connectivity index (χ0v) is 19.8. The van der Waals surface area contributed by atoms with Gasteiger partial charge in [0.1, 0.15) is 12.1 Å². The van der Waals surface area contributed by atoms with Crippen LogP contribution in [0.4, 0.5) is 28.9 Å². The van der Waals surface area contributed by atoms with Gasteiger partial charge in [-0.05, 0) is 12.1 Å². The standard InChI is InChI=1S/C9H8F2N2O4S2.C8H6F2N2O2S/c1-18(14,15)13(19(2,16)17)9-4-8(11)7(10)3-6(9)5-12;1-15(13,14)12-8-3-7(10)6(9)2-5(8)4-11/h3-4H,1-2H3;2-3,12H,1H3. The predicted octanol–water partition coefficient (Wildman–Crippen LogP) is 1.77. The lowest BCUT2D eigenvalue weighted by Crippen LogP contribution is -2.36. The Morgan fingerprint density at radius 2 is 1.09 bits per heavy atom. The van der Waals surface area contributed by atoms with E-state index in [9.17, 15) is 42.8 Å². The number of sulfonamides is 3. The van der Waals surface area contributed by atoms with Gasteiger partial charge in [-0.25, -0.2) is 42.8 Å². The van der Waals surface area contributed by atoms with Gasteiger partial charge in [0.25, 0.3) is 0 Å². The molecule has 1 N–H and O–H groups in total. The van der Waals surface area contributed by atoms with Gasteiger partial charge in [0.05, 0.1) is 41.3 Å². The first-order valence-electron chi connectivity index (χ1n) is 8.28. The molecule has 0 fully saturated rings. The number of benzene rings is 2. The molecule has 0 bridgehead atoms. The summed E-state index contributed by atoms with van der Waals surface area (Å²) in [5.74, 6) is -5.28. The van der Waals surface area contributed by atoms with Gasteiger partial charge in [-0.1, -0.05) is 0 Å². The Morgan fingerprint density at radius 1 is 0.706 bits per heavy atom. The second-order valence-electron chi connectivity index (χ2n) is 6.42. The molecule has 0 heterocycles. The molecule has 0 amide bonds. The maximum absolute atomic E-state index is 13.1. The lowest BCUT2D eigenvalue weighted by Gasteiger charge is -2.20. The number of hydrogen-bond donors (Lipinski definition) is 1. The summed E-state index contributed by atoms with van der Waals surface area (Å²) in [5, 5.41) is 17.3. The van der Waals surface area contributed by atoms with Crippen LogP contribution in [0.25, 0.3) is 0 Å². The first kappa shape index (κ1) is 28.6. The van der Waals surface area contributed by atoms with E-state index in [2.05, 4.69) is 0 Å². The Balaban J connectivity index is 0.000000350. The molecule has 2 aromatic carbocycles. The summed E-state index contributed by atoms with van der Waals surface area (Å²) in [6, 6.07) is 4.98. The Morgan fingerprint density at radius 3 is 1.47 bits per heavy atom. The minimum Gasteiger partial charge on any atom is -0.282 e. The van der Waals surface area contributed by atoms with E-state index in [1.807, 2.05) is 4.72 Å². The van der Waals surface area contributed by atoms with Crippen molar-refractivity contribution in [2.75, 3.05) is 27.2 Å². The molecule has 184 valence electrons. The summed E-state index contributed by atoms with van der Waals surface area (Å²) in [4.78, 5) is 0. The Kier molecular flexibility index (Phi) is 8.62. The minimum absolute atomic E-state index is 0.124. The maximum Gasteiger partial charge on any atom is 0.245 e. The average molecular weight is 543 g/mol. The highest BCUT2D eigenvalue weighted by Gasteiger charge is 2.30. The van der Waals surface area contributed by atoms with Crippen LogP contribution in [-0.4, -0.2) is 44.0 Å². The van der Waals surface area contributed by atoms with Crippen molar-refractivity contribution < 1.29 is 42.8 Å². The Bertz CT molecular complexity index is 1500. The third-order valence-electron chi connectivity index (χ3n) is 3.43. The quantitative estimate of drug-likeness (QED) is 0.558. The van der Waals surface area contributed by atoms with Gasteiger partial charge in [0.15, 0.2) is 23.3 Å². The number of anilines is 2. The molecule has 17 heteroatoms. The number of nitrogens with zero attached hydrogens (tertiary/aromatic N) is 3. The van der Waals surface area contributed by atoms with Gasteiger partial charge in [0.2, 0.25) is 30.1 Å². The molecule has 0 aliphatic carbocycles. The molecule has 0 aliphatic rings. The maximum atomic E-state index is 13.1. The highest BCUT2D eigenvalue weighted by atomic mass is 32.3. The molecule has 0 unspecified atom stereocenters. The van der Waals surface area contributed by atoms with Crippen LogP contribution in [0.2, 0.25) is 0 Å². The van der Waals surface area contributed by atoms with Gasteiger partial charge in [-0.2, -0.15) is 14.2 Å². The van der Waals surface area contributed by atoms with Crippen LogP contribution in [0.3, 0.4) is 0 Å². The van der Waals surface area contributed by atoms with Crippen molar-refractivity contribution in [2.45, 2.75) is 0 Å². The van der Waals surface area contributed by atoms with Crippen molar-refractivity contribution in [3.63, 3.8) is 0 Å². The van der Waals surface area contributed by atoms with Crippen molar-refractivity contribution in [1.82, 2.24) is 0 Å².